The third-order valence-electron chi connectivity index (χ3n) is 4.43. The van der Waals surface area contributed by atoms with Gasteiger partial charge in [-0.1, -0.05) is 37.6 Å². The third-order valence-corrected chi connectivity index (χ3v) is 4.43. The fraction of sp³-hybridized carbons (Fsp3) is 0.318. The maximum atomic E-state index is 11.3. The van der Waals surface area contributed by atoms with E-state index in [0.717, 1.165) is 40.7 Å². The lowest BCUT2D eigenvalue weighted by atomic mass is 10.1. The average molecular weight is 351 g/mol. The lowest BCUT2D eigenvalue weighted by Crippen LogP contribution is -2.23. The van der Waals surface area contributed by atoms with Gasteiger partial charge in [-0.25, -0.2) is 0 Å². The molecule has 2 aromatic carbocycles. The van der Waals surface area contributed by atoms with Crippen molar-refractivity contribution in [2.24, 2.45) is 0 Å². The largest absolute Gasteiger partial charge is 0.489 e. The van der Waals surface area contributed by atoms with Crippen LogP contribution >= 0.6 is 0 Å². The van der Waals surface area contributed by atoms with E-state index in [1.54, 1.807) is 6.26 Å². The molecule has 26 heavy (non-hydrogen) atoms. The van der Waals surface area contributed by atoms with Crippen LogP contribution in [0.3, 0.4) is 0 Å². The highest BCUT2D eigenvalue weighted by Crippen LogP contribution is 2.29. The Kier molecular flexibility index (Phi) is 5.61. The summed E-state index contributed by atoms with van der Waals surface area (Å²) in [6, 6.07) is 14.3. The molecule has 3 aromatic rings. The molecule has 4 nitrogen and oxygen atoms in total. The number of benzene rings is 2. The molecule has 1 atom stereocenters. The van der Waals surface area contributed by atoms with Crippen molar-refractivity contribution < 1.29 is 13.9 Å². The predicted octanol–water partition coefficient (Wildman–Crippen LogP) is 5.16. The summed E-state index contributed by atoms with van der Waals surface area (Å²) >= 11 is 0. The quantitative estimate of drug-likeness (QED) is 0.639. The Bertz CT molecular complexity index is 880. The van der Waals surface area contributed by atoms with E-state index in [-0.39, 0.29) is 11.9 Å². The molecule has 1 amide bonds. The van der Waals surface area contributed by atoms with Crippen LogP contribution in [0.15, 0.2) is 53.1 Å². The normalized spacial score (nSPS) is 12.1. The number of hydrogen-bond acceptors (Lipinski definition) is 3. The summed E-state index contributed by atoms with van der Waals surface area (Å²) in [7, 11) is 0. The Balaban J connectivity index is 1.68. The van der Waals surface area contributed by atoms with Gasteiger partial charge in [0.15, 0.2) is 0 Å². The molecule has 3 rings (SSSR count). The number of rotatable bonds is 7. The van der Waals surface area contributed by atoms with E-state index in [9.17, 15) is 4.79 Å². The van der Waals surface area contributed by atoms with Crippen molar-refractivity contribution >= 4 is 16.9 Å². The zero-order valence-electron chi connectivity index (χ0n) is 15.5. The maximum absolute atomic E-state index is 11.3. The molecule has 0 aliphatic heterocycles. The van der Waals surface area contributed by atoms with Gasteiger partial charge in [-0.05, 0) is 36.6 Å². The van der Waals surface area contributed by atoms with Crippen LogP contribution in [-0.2, 0) is 17.8 Å². The van der Waals surface area contributed by atoms with Crippen molar-refractivity contribution in [1.29, 1.82) is 0 Å². The maximum Gasteiger partial charge on any atom is 0.217 e. The molecular weight excluding hydrogens is 326 g/mol. The van der Waals surface area contributed by atoms with E-state index >= 15 is 0 Å². The molecule has 136 valence electrons. The van der Waals surface area contributed by atoms with Gasteiger partial charge in [0.1, 0.15) is 17.9 Å². The molecule has 1 N–H and O–H groups in total. The second-order valence-electron chi connectivity index (χ2n) is 6.63. The van der Waals surface area contributed by atoms with Crippen LogP contribution in [0.25, 0.3) is 11.0 Å². The molecule has 0 spiro atoms. The predicted molar refractivity (Wildman–Crippen MR) is 103 cm³/mol. The molecule has 0 bridgehead atoms. The Hall–Kier alpha value is -2.75. The number of aryl methyl sites for hydroxylation is 1. The first-order valence-corrected chi connectivity index (χ1v) is 9.05. The first kappa shape index (κ1) is 18.1. The van der Waals surface area contributed by atoms with E-state index in [2.05, 4.69) is 36.5 Å². The van der Waals surface area contributed by atoms with Crippen LogP contribution in [0.5, 0.6) is 5.75 Å². The van der Waals surface area contributed by atoms with E-state index in [1.165, 1.54) is 12.5 Å². The van der Waals surface area contributed by atoms with Gasteiger partial charge in [0.2, 0.25) is 5.91 Å². The summed E-state index contributed by atoms with van der Waals surface area (Å²) < 4.78 is 11.6. The highest BCUT2D eigenvalue weighted by molar-refractivity contribution is 5.83. The summed E-state index contributed by atoms with van der Waals surface area (Å²) in [5, 5.41) is 3.87. The van der Waals surface area contributed by atoms with Crippen molar-refractivity contribution in [2.75, 3.05) is 0 Å². The van der Waals surface area contributed by atoms with Gasteiger partial charge in [-0.3, -0.25) is 4.79 Å². The van der Waals surface area contributed by atoms with Gasteiger partial charge in [0.05, 0.1) is 12.3 Å². The van der Waals surface area contributed by atoms with Crippen molar-refractivity contribution in [3.63, 3.8) is 0 Å². The molecule has 1 heterocycles. The van der Waals surface area contributed by atoms with Crippen LogP contribution < -0.4 is 10.1 Å². The zero-order chi connectivity index (χ0) is 18.5. The van der Waals surface area contributed by atoms with E-state index < -0.39 is 0 Å². The number of furan rings is 1. The topological polar surface area (TPSA) is 51.5 Å². The number of nitrogens with one attached hydrogen (secondary N) is 1. The number of ether oxygens (including phenoxy) is 1. The molecular formula is C22H25NO3. The molecule has 0 radical (unpaired) electrons. The Morgan fingerprint density at radius 1 is 1.15 bits per heavy atom. The average Bonchev–Trinajstić information content (AvgIpc) is 3.04. The summed E-state index contributed by atoms with van der Waals surface area (Å²) in [4.78, 5) is 11.3. The minimum atomic E-state index is -0.0952. The second-order valence-corrected chi connectivity index (χ2v) is 6.63. The molecule has 1 unspecified atom stereocenters. The van der Waals surface area contributed by atoms with Gasteiger partial charge in [0, 0.05) is 23.9 Å². The fourth-order valence-corrected chi connectivity index (χ4v) is 3.09. The van der Waals surface area contributed by atoms with E-state index in [4.69, 9.17) is 9.15 Å². The standard InChI is InChI=1S/C22H25NO3/c1-4-5-17-6-8-18(9-7-17)13-25-19-10-11-20-21(14-26-22(20)12-19)15(2)23-16(3)24/h6-12,14-15H,4-5,13H2,1-3H3,(H,23,24). The van der Waals surface area contributed by atoms with Crippen molar-refractivity contribution in [3.8, 4) is 5.75 Å². The number of fused-ring (bicyclic) bond motifs is 1. The molecule has 0 saturated carbocycles. The third kappa shape index (κ3) is 4.26. The Morgan fingerprint density at radius 3 is 2.58 bits per heavy atom. The SMILES string of the molecule is CCCc1ccc(COc2ccc3c(C(C)NC(C)=O)coc3c2)cc1. The lowest BCUT2D eigenvalue weighted by molar-refractivity contribution is -0.119. The van der Waals surface area contributed by atoms with E-state index in [0.29, 0.717) is 6.61 Å². The molecule has 0 fully saturated rings. The van der Waals surface area contributed by atoms with Crippen LogP contribution in [0, 0.1) is 0 Å². The summed E-state index contributed by atoms with van der Waals surface area (Å²) in [5.41, 5.74) is 4.22. The number of amides is 1. The van der Waals surface area contributed by atoms with Gasteiger partial charge in [0.25, 0.3) is 0 Å². The first-order chi connectivity index (χ1) is 12.6. The molecule has 0 saturated heterocycles. The Labute approximate surface area is 154 Å². The highest BCUT2D eigenvalue weighted by atomic mass is 16.5. The fourth-order valence-electron chi connectivity index (χ4n) is 3.09. The monoisotopic (exact) mass is 351 g/mol. The van der Waals surface area contributed by atoms with Crippen molar-refractivity contribution in [3.05, 3.63) is 65.4 Å². The van der Waals surface area contributed by atoms with Crippen molar-refractivity contribution in [1.82, 2.24) is 5.32 Å². The number of carbonyl (C=O) groups is 1. The minimum absolute atomic E-state index is 0.0586. The summed E-state index contributed by atoms with van der Waals surface area (Å²) in [6.45, 7) is 6.16. The second kappa shape index (κ2) is 8.09. The van der Waals surface area contributed by atoms with Gasteiger partial charge in [-0.2, -0.15) is 0 Å². The molecule has 0 aliphatic carbocycles. The van der Waals surface area contributed by atoms with Crippen LogP contribution in [-0.4, -0.2) is 5.91 Å². The molecule has 4 heteroatoms. The number of hydrogen-bond donors (Lipinski definition) is 1. The Morgan fingerprint density at radius 2 is 1.88 bits per heavy atom. The lowest BCUT2D eigenvalue weighted by Gasteiger charge is -2.11. The minimum Gasteiger partial charge on any atom is -0.489 e. The molecule has 0 aliphatic rings. The van der Waals surface area contributed by atoms with Crippen LogP contribution in [0.4, 0.5) is 0 Å². The summed E-state index contributed by atoms with van der Waals surface area (Å²) in [6.07, 6.45) is 3.96. The van der Waals surface area contributed by atoms with Gasteiger partial charge in [-0.15, -0.1) is 0 Å². The zero-order valence-corrected chi connectivity index (χ0v) is 15.5. The molecule has 1 aromatic heterocycles. The number of carbonyl (C=O) groups excluding carboxylic acids is 1. The summed E-state index contributed by atoms with van der Waals surface area (Å²) in [5.74, 6) is 0.708. The van der Waals surface area contributed by atoms with Crippen LogP contribution in [0.1, 0.15) is 49.9 Å². The highest BCUT2D eigenvalue weighted by Gasteiger charge is 2.14. The van der Waals surface area contributed by atoms with Gasteiger partial charge < -0.3 is 14.5 Å². The van der Waals surface area contributed by atoms with Crippen LogP contribution in [0.2, 0.25) is 0 Å². The first-order valence-electron chi connectivity index (χ1n) is 9.05. The van der Waals surface area contributed by atoms with E-state index in [1.807, 2.05) is 25.1 Å². The van der Waals surface area contributed by atoms with Crippen molar-refractivity contribution in [2.45, 2.75) is 46.3 Å². The van der Waals surface area contributed by atoms with Gasteiger partial charge >= 0.3 is 0 Å². The smallest absolute Gasteiger partial charge is 0.217 e.